The summed E-state index contributed by atoms with van der Waals surface area (Å²) in [4.78, 5) is 38.6. The molecule has 1 N–H and O–H groups in total. The number of rotatable bonds is 10. The first-order chi connectivity index (χ1) is 19.5. The number of aryl methyl sites for hydroxylation is 2. The van der Waals surface area contributed by atoms with Gasteiger partial charge in [0.15, 0.2) is 0 Å². The van der Waals surface area contributed by atoms with Crippen molar-refractivity contribution in [2.24, 2.45) is 0 Å². The minimum atomic E-state index is -1.04. The highest BCUT2D eigenvalue weighted by atomic mass is 16.4. The molecule has 2 heterocycles. The predicted octanol–water partition coefficient (Wildman–Crippen LogP) is 5.10. The summed E-state index contributed by atoms with van der Waals surface area (Å²) in [6.45, 7) is 3.49. The lowest BCUT2D eigenvalue weighted by atomic mass is 10.00. The molecule has 0 atom stereocenters. The molecular weight excluding hydrogens is 500 g/mol. The van der Waals surface area contributed by atoms with Gasteiger partial charge in [0, 0.05) is 32.3 Å². The number of hydrogen-bond donors (Lipinski definition) is 1. The molecule has 0 aliphatic carbocycles. The van der Waals surface area contributed by atoms with Crippen LogP contribution in [0.3, 0.4) is 0 Å². The molecule has 0 fully saturated rings. The summed E-state index contributed by atoms with van der Waals surface area (Å²) in [7, 11) is 0. The van der Waals surface area contributed by atoms with Gasteiger partial charge >= 0.3 is 5.97 Å². The Labute approximate surface area is 235 Å². The molecule has 0 radical (unpaired) electrons. The Morgan fingerprint density at radius 3 is 2.48 bits per heavy atom. The number of carboxylic acid groups (broad SMARTS) is 1. The van der Waals surface area contributed by atoms with Crippen LogP contribution in [0, 0.1) is 6.92 Å². The fraction of sp³-hybridized carbons (Fsp3) is 0.273. The normalized spacial score (nSPS) is 12.6. The average molecular weight is 535 g/mol. The number of carbonyl (C=O) groups is 2. The quantitative estimate of drug-likeness (QED) is 0.305. The minimum Gasteiger partial charge on any atom is -0.480 e. The van der Waals surface area contributed by atoms with E-state index in [1.54, 1.807) is 6.20 Å². The lowest BCUT2D eigenvalue weighted by Crippen LogP contribution is -2.38. The van der Waals surface area contributed by atoms with Gasteiger partial charge in [0.1, 0.15) is 6.54 Å². The van der Waals surface area contributed by atoms with Crippen LogP contribution in [0.1, 0.15) is 50.3 Å². The smallest absolute Gasteiger partial charge is 0.323 e. The molecule has 40 heavy (non-hydrogen) atoms. The second-order valence-corrected chi connectivity index (χ2v) is 10.3. The molecule has 1 aliphatic heterocycles. The highest BCUT2D eigenvalue weighted by Crippen LogP contribution is 2.24. The third-order valence-electron chi connectivity index (χ3n) is 7.30. The van der Waals surface area contributed by atoms with Crippen LogP contribution in [0.2, 0.25) is 0 Å². The Bertz CT molecular complexity index is 1490. The largest absolute Gasteiger partial charge is 0.480 e. The predicted molar refractivity (Wildman–Crippen MR) is 156 cm³/mol. The van der Waals surface area contributed by atoms with Crippen molar-refractivity contribution in [2.45, 2.75) is 39.2 Å². The molecule has 1 aliphatic rings. The second-order valence-electron chi connectivity index (χ2n) is 10.3. The molecule has 204 valence electrons. The molecule has 7 nitrogen and oxygen atoms in total. The molecule has 3 aromatic carbocycles. The number of fused-ring (bicyclic) bond motifs is 1. The number of aliphatic carboxylic acids is 1. The standard InChI is InChI=1S/C33H34N4O3/c1-24-9-7-12-26(19-24)20-30-29(21-34-33(35-30)37-18-16-27-14-5-6-15-28(27)22-37)32(40)36(23-31(38)39)17-8-13-25-10-3-2-4-11-25/h2-7,9-12,14-15,19,21H,8,13,16-18,20,22-23H2,1H3,(H,38,39). The molecule has 4 aromatic rings. The zero-order valence-electron chi connectivity index (χ0n) is 22.8. The molecule has 0 bridgehead atoms. The number of anilines is 1. The second kappa shape index (κ2) is 12.6. The van der Waals surface area contributed by atoms with E-state index in [1.807, 2.05) is 61.5 Å². The van der Waals surface area contributed by atoms with Gasteiger partial charge in [-0.3, -0.25) is 9.59 Å². The SMILES string of the molecule is Cc1cccc(Cc2nc(N3CCc4ccccc4C3)ncc2C(=O)N(CCCc2ccccc2)CC(=O)O)c1. The van der Waals surface area contributed by atoms with Crippen LogP contribution in [0.25, 0.3) is 0 Å². The maximum absolute atomic E-state index is 13.8. The Balaban J connectivity index is 1.42. The number of aromatic nitrogens is 2. The monoisotopic (exact) mass is 534 g/mol. The van der Waals surface area contributed by atoms with Crippen molar-refractivity contribution in [3.63, 3.8) is 0 Å². The van der Waals surface area contributed by atoms with E-state index in [2.05, 4.69) is 34.1 Å². The summed E-state index contributed by atoms with van der Waals surface area (Å²) in [6.07, 6.45) is 4.35. The van der Waals surface area contributed by atoms with Crippen LogP contribution in [0.5, 0.6) is 0 Å². The Morgan fingerprint density at radius 2 is 1.70 bits per heavy atom. The van der Waals surface area contributed by atoms with E-state index >= 15 is 0 Å². The van der Waals surface area contributed by atoms with Crippen LogP contribution in [0.15, 0.2) is 85.1 Å². The first-order valence-corrected chi connectivity index (χ1v) is 13.7. The number of amides is 1. The van der Waals surface area contributed by atoms with Crippen molar-refractivity contribution in [1.82, 2.24) is 14.9 Å². The number of nitrogens with zero attached hydrogens (tertiary/aromatic N) is 4. The van der Waals surface area contributed by atoms with Crippen LogP contribution < -0.4 is 4.90 Å². The Kier molecular flexibility index (Phi) is 8.50. The van der Waals surface area contributed by atoms with E-state index < -0.39 is 5.97 Å². The maximum Gasteiger partial charge on any atom is 0.323 e. The van der Waals surface area contributed by atoms with Gasteiger partial charge < -0.3 is 14.9 Å². The molecule has 0 saturated heterocycles. The van der Waals surface area contributed by atoms with Gasteiger partial charge in [-0.25, -0.2) is 9.97 Å². The van der Waals surface area contributed by atoms with Gasteiger partial charge in [0.05, 0.1) is 11.3 Å². The highest BCUT2D eigenvalue weighted by Gasteiger charge is 2.25. The van der Waals surface area contributed by atoms with Crippen LogP contribution in [-0.4, -0.2) is 51.5 Å². The van der Waals surface area contributed by atoms with Gasteiger partial charge in [-0.1, -0.05) is 84.4 Å². The molecule has 0 unspecified atom stereocenters. The van der Waals surface area contributed by atoms with Crippen molar-refractivity contribution in [2.75, 3.05) is 24.5 Å². The first-order valence-electron chi connectivity index (χ1n) is 13.7. The van der Waals surface area contributed by atoms with E-state index in [0.29, 0.717) is 43.1 Å². The summed E-state index contributed by atoms with van der Waals surface area (Å²) >= 11 is 0. The van der Waals surface area contributed by atoms with Gasteiger partial charge in [0.2, 0.25) is 5.95 Å². The van der Waals surface area contributed by atoms with Crippen LogP contribution >= 0.6 is 0 Å². The van der Waals surface area contributed by atoms with Crippen molar-refractivity contribution < 1.29 is 14.7 Å². The molecule has 1 amide bonds. The molecular formula is C33H34N4O3. The van der Waals surface area contributed by atoms with Crippen molar-refractivity contribution >= 4 is 17.8 Å². The van der Waals surface area contributed by atoms with E-state index in [4.69, 9.17) is 4.98 Å². The molecule has 0 saturated carbocycles. The van der Waals surface area contributed by atoms with Gasteiger partial charge in [-0.15, -0.1) is 0 Å². The number of hydrogen-bond acceptors (Lipinski definition) is 5. The summed E-state index contributed by atoms with van der Waals surface area (Å²) in [5, 5.41) is 9.59. The van der Waals surface area contributed by atoms with Gasteiger partial charge in [-0.05, 0) is 48.4 Å². The van der Waals surface area contributed by atoms with Crippen LogP contribution in [-0.2, 0) is 30.6 Å². The van der Waals surface area contributed by atoms with E-state index in [0.717, 1.165) is 36.1 Å². The van der Waals surface area contributed by atoms with Crippen molar-refractivity contribution in [3.8, 4) is 0 Å². The summed E-state index contributed by atoms with van der Waals surface area (Å²) in [5.41, 5.74) is 6.87. The van der Waals surface area contributed by atoms with E-state index in [9.17, 15) is 14.7 Å². The van der Waals surface area contributed by atoms with E-state index in [1.165, 1.54) is 16.0 Å². The lowest BCUT2D eigenvalue weighted by Gasteiger charge is -2.29. The Hall–Kier alpha value is -4.52. The van der Waals surface area contributed by atoms with Gasteiger partial charge in [0.25, 0.3) is 5.91 Å². The Morgan fingerprint density at radius 1 is 0.950 bits per heavy atom. The average Bonchev–Trinajstić information content (AvgIpc) is 2.96. The number of carboxylic acids is 1. The molecule has 0 spiro atoms. The fourth-order valence-corrected chi connectivity index (χ4v) is 5.26. The first kappa shape index (κ1) is 27.1. The lowest BCUT2D eigenvalue weighted by molar-refractivity contribution is -0.137. The van der Waals surface area contributed by atoms with Gasteiger partial charge in [-0.2, -0.15) is 0 Å². The zero-order valence-corrected chi connectivity index (χ0v) is 22.8. The zero-order chi connectivity index (χ0) is 27.9. The summed E-state index contributed by atoms with van der Waals surface area (Å²) < 4.78 is 0. The fourth-order valence-electron chi connectivity index (χ4n) is 5.26. The van der Waals surface area contributed by atoms with Crippen LogP contribution in [0.4, 0.5) is 5.95 Å². The summed E-state index contributed by atoms with van der Waals surface area (Å²) in [6, 6.07) is 26.5. The third kappa shape index (κ3) is 6.72. The molecule has 5 rings (SSSR count). The van der Waals surface area contributed by atoms with Crippen molar-refractivity contribution in [3.05, 3.63) is 124 Å². The topological polar surface area (TPSA) is 86.6 Å². The molecule has 1 aromatic heterocycles. The summed E-state index contributed by atoms with van der Waals surface area (Å²) in [5.74, 6) is -0.811. The van der Waals surface area contributed by atoms with Crippen molar-refractivity contribution in [1.29, 1.82) is 0 Å². The molecule has 7 heteroatoms. The highest BCUT2D eigenvalue weighted by molar-refractivity contribution is 5.96. The van der Waals surface area contributed by atoms with E-state index in [-0.39, 0.29) is 12.5 Å². The minimum absolute atomic E-state index is 0.328. The third-order valence-corrected chi connectivity index (χ3v) is 7.30. The number of benzene rings is 3. The maximum atomic E-state index is 13.8. The number of carbonyl (C=O) groups excluding carboxylic acids is 1.